The molecule has 58 valence electrons. The van der Waals surface area contributed by atoms with Crippen LogP contribution in [0.5, 0.6) is 0 Å². The molecule has 0 unspecified atom stereocenters. The third-order valence-electron chi connectivity index (χ3n) is 1.16. The molecule has 5 heteroatoms. The first-order valence-corrected chi connectivity index (χ1v) is 2.97. The van der Waals surface area contributed by atoms with Crippen molar-refractivity contribution in [3.8, 4) is 0 Å². The van der Waals surface area contributed by atoms with Crippen molar-refractivity contribution in [3.05, 3.63) is 11.4 Å². The van der Waals surface area contributed by atoms with Gasteiger partial charge in [-0.05, 0) is 10.3 Å². The summed E-state index contributed by atoms with van der Waals surface area (Å²) in [6.45, 7) is 2.60. The molecule has 0 amide bonds. The van der Waals surface area contributed by atoms with Crippen LogP contribution < -0.4 is 0 Å². The Hall–Kier alpha value is -1.52. The number of rotatable bonds is 2. The largest absolute Gasteiger partial charge is 0.293 e. The highest BCUT2D eigenvalue weighted by molar-refractivity contribution is 6.04. The summed E-state index contributed by atoms with van der Waals surface area (Å²) < 4.78 is 4.23. The lowest BCUT2D eigenvalue weighted by molar-refractivity contribution is 0.0976. The predicted octanol–water partition coefficient (Wildman–Crippen LogP) is 0.475. The number of carbonyl (C=O) groups excluding carboxylic acids is 2. The minimum absolute atomic E-state index is 0.00231. The number of aromatic nitrogens is 2. The number of hydrogen-bond acceptors (Lipinski definition) is 5. The highest BCUT2D eigenvalue weighted by Gasteiger charge is 2.17. The highest BCUT2D eigenvalue weighted by Crippen LogP contribution is 2.03. The molecule has 1 aromatic heterocycles. The zero-order valence-electron chi connectivity index (χ0n) is 6.12. The molecule has 5 nitrogen and oxygen atoms in total. The third kappa shape index (κ3) is 1.31. The maximum absolute atomic E-state index is 10.7. The highest BCUT2D eigenvalue weighted by atomic mass is 16.6. The van der Waals surface area contributed by atoms with Crippen LogP contribution in [0, 0.1) is 0 Å². The summed E-state index contributed by atoms with van der Waals surface area (Å²) in [5.74, 6) is -0.645. The molecule has 1 heterocycles. The van der Waals surface area contributed by atoms with Crippen LogP contribution in [-0.4, -0.2) is 21.9 Å². The van der Waals surface area contributed by atoms with Gasteiger partial charge in [-0.2, -0.15) is 0 Å². The van der Waals surface area contributed by atoms with Crippen molar-refractivity contribution in [3.63, 3.8) is 0 Å². The van der Waals surface area contributed by atoms with E-state index >= 15 is 0 Å². The Morgan fingerprint density at radius 3 is 1.73 bits per heavy atom. The Morgan fingerprint density at radius 2 is 1.45 bits per heavy atom. The standard InChI is InChI=1S/C6H6N2O3/c1-3(9)5-6(4(2)10)8-11-7-5/h1-2H3. The maximum atomic E-state index is 10.7. The van der Waals surface area contributed by atoms with Crippen molar-refractivity contribution in [2.24, 2.45) is 0 Å². The molecule has 1 aromatic rings. The van der Waals surface area contributed by atoms with Crippen LogP contribution in [0.15, 0.2) is 4.63 Å². The second kappa shape index (κ2) is 2.61. The van der Waals surface area contributed by atoms with Crippen LogP contribution >= 0.6 is 0 Å². The van der Waals surface area contributed by atoms with Gasteiger partial charge in [0.15, 0.2) is 23.0 Å². The quantitative estimate of drug-likeness (QED) is 0.579. The first-order valence-electron chi connectivity index (χ1n) is 2.97. The number of ketones is 2. The molecule has 0 aromatic carbocycles. The van der Waals surface area contributed by atoms with Crippen LogP contribution in [0.25, 0.3) is 0 Å². The minimum Gasteiger partial charge on any atom is -0.293 e. The second-order valence-corrected chi connectivity index (χ2v) is 2.07. The normalized spacial score (nSPS) is 9.64. The number of Topliss-reactive ketones (excluding diaryl/α,β-unsaturated/α-hetero) is 2. The summed E-state index contributed by atoms with van der Waals surface area (Å²) in [5.41, 5.74) is -0.00463. The first-order chi connectivity index (χ1) is 5.13. The molecule has 0 spiro atoms. The SMILES string of the molecule is CC(=O)c1nonc1C(C)=O. The van der Waals surface area contributed by atoms with Crippen molar-refractivity contribution in [2.75, 3.05) is 0 Å². The number of nitrogens with zero attached hydrogens (tertiary/aromatic N) is 2. The van der Waals surface area contributed by atoms with Crippen molar-refractivity contribution in [2.45, 2.75) is 13.8 Å². The molecule has 0 fully saturated rings. The molecular formula is C6H6N2O3. The maximum Gasteiger partial charge on any atom is 0.184 e. The van der Waals surface area contributed by atoms with E-state index < -0.39 is 0 Å². The molecule has 0 aliphatic carbocycles. The van der Waals surface area contributed by atoms with Crippen LogP contribution in [-0.2, 0) is 0 Å². The van der Waals surface area contributed by atoms with Crippen LogP contribution in [0.4, 0.5) is 0 Å². The van der Waals surface area contributed by atoms with E-state index in [1.807, 2.05) is 0 Å². The van der Waals surface area contributed by atoms with Crippen molar-refractivity contribution >= 4 is 11.6 Å². The second-order valence-electron chi connectivity index (χ2n) is 2.07. The van der Waals surface area contributed by atoms with Gasteiger partial charge in [0.1, 0.15) is 0 Å². The van der Waals surface area contributed by atoms with Gasteiger partial charge in [0.2, 0.25) is 0 Å². The fourth-order valence-corrected chi connectivity index (χ4v) is 0.651. The van der Waals surface area contributed by atoms with Crippen LogP contribution in [0.2, 0.25) is 0 Å². The number of hydrogen-bond donors (Lipinski definition) is 0. The van der Waals surface area contributed by atoms with Crippen LogP contribution in [0.3, 0.4) is 0 Å². The summed E-state index contributed by atoms with van der Waals surface area (Å²) in [4.78, 5) is 21.4. The lowest BCUT2D eigenvalue weighted by Gasteiger charge is -1.85. The van der Waals surface area contributed by atoms with Crippen LogP contribution in [0.1, 0.15) is 34.8 Å². The Kier molecular flexibility index (Phi) is 1.80. The lowest BCUT2D eigenvalue weighted by Crippen LogP contribution is -2.02. The van der Waals surface area contributed by atoms with Gasteiger partial charge in [-0.3, -0.25) is 9.59 Å². The van der Waals surface area contributed by atoms with Gasteiger partial charge in [0, 0.05) is 13.8 Å². The van der Waals surface area contributed by atoms with E-state index in [-0.39, 0.29) is 23.0 Å². The molecule has 0 bridgehead atoms. The monoisotopic (exact) mass is 154 g/mol. The Balaban J connectivity index is 3.16. The molecule has 0 radical (unpaired) electrons. The fraction of sp³-hybridized carbons (Fsp3) is 0.333. The van der Waals surface area contributed by atoms with Gasteiger partial charge in [0.25, 0.3) is 0 Å². The van der Waals surface area contributed by atoms with E-state index in [2.05, 4.69) is 14.9 Å². The van der Waals surface area contributed by atoms with Gasteiger partial charge in [0.05, 0.1) is 0 Å². The molecule has 0 aliphatic heterocycles. The minimum atomic E-state index is -0.323. The topological polar surface area (TPSA) is 73.1 Å². The van der Waals surface area contributed by atoms with E-state index in [1.165, 1.54) is 13.8 Å². The zero-order valence-corrected chi connectivity index (χ0v) is 6.12. The summed E-state index contributed by atoms with van der Waals surface area (Å²) in [6.07, 6.45) is 0. The summed E-state index contributed by atoms with van der Waals surface area (Å²) in [7, 11) is 0. The van der Waals surface area contributed by atoms with E-state index in [9.17, 15) is 9.59 Å². The molecule has 0 saturated carbocycles. The molecule has 0 aliphatic rings. The summed E-state index contributed by atoms with van der Waals surface area (Å²) in [6, 6.07) is 0. The van der Waals surface area contributed by atoms with Gasteiger partial charge in [-0.25, -0.2) is 4.63 Å². The predicted molar refractivity (Wildman–Crippen MR) is 34.3 cm³/mol. The smallest absolute Gasteiger partial charge is 0.184 e. The van der Waals surface area contributed by atoms with Gasteiger partial charge >= 0.3 is 0 Å². The Morgan fingerprint density at radius 1 is 1.09 bits per heavy atom. The Labute approximate surface area is 62.4 Å². The van der Waals surface area contributed by atoms with Crippen molar-refractivity contribution in [1.29, 1.82) is 0 Å². The van der Waals surface area contributed by atoms with E-state index in [4.69, 9.17) is 0 Å². The fourth-order valence-electron chi connectivity index (χ4n) is 0.651. The summed E-state index contributed by atoms with van der Waals surface area (Å²) >= 11 is 0. The Bertz CT molecular complexity index is 274. The van der Waals surface area contributed by atoms with E-state index in [1.54, 1.807) is 0 Å². The van der Waals surface area contributed by atoms with Gasteiger partial charge in [-0.1, -0.05) is 0 Å². The van der Waals surface area contributed by atoms with Crippen molar-refractivity contribution < 1.29 is 14.2 Å². The number of carbonyl (C=O) groups is 2. The lowest BCUT2D eigenvalue weighted by atomic mass is 10.2. The first kappa shape index (κ1) is 7.59. The zero-order chi connectivity index (χ0) is 8.43. The van der Waals surface area contributed by atoms with Gasteiger partial charge in [-0.15, -0.1) is 0 Å². The molecule has 11 heavy (non-hydrogen) atoms. The molecule has 0 atom stereocenters. The molecular weight excluding hydrogens is 148 g/mol. The van der Waals surface area contributed by atoms with E-state index in [0.717, 1.165) is 0 Å². The average molecular weight is 154 g/mol. The molecule has 1 rings (SSSR count). The third-order valence-corrected chi connectivity index (χ3v) is 1.16. The summed E-state index contributed by atoms with van der Waals surface area (Å²) in [5, 5.41) is 6.56. The average Bonchev–Trinajstić information content (AvgIpc) is 2.32. The molecule has 0 saturated heterocycles. The van der Waals surface area contributed by atoms with E-state index in [0.29, 0.717) is 0 Å². The van der Waals surface area contributed by atoms with Gasteiger partial charge < -0.3 is 0 Å². The molecule has 0 N–H and O–H groups in total. The van der Waals surface area contributed by atoms with Crippen molar-refractivity contribution in [1.82, 2.24) is 10.3 Å².